The Hall–Kier alpha value is -3.69. The highest BCUT2D eigenvalue weighted by molar-refractivity contribution is 6.30. The number of hydrogen-bond acceptors (Lipinski definition) is 3. The number of nitrogens with zero attached hydrogens (tertiary/aromatic N) is 2. The molecule has 0 unspecified atom stereocenters. The maximum absolute atomic E-state index is 6.11. The van der Waals surface area contributed by atoms with Crippen molar-refractivity contribution in [3.05, 3.63) is 96.0 Å². The topological polar surface area (TPSA) is 38.9 Å². The van der Waals surface area contributed by atoms with E-state index >= 15 is 0 Å². The summed E-state index contributed by atoms with van der Waals surface area (Å²) in [6.45, 7) is 0. The minimum Gasteiger partial charge on any atom is -0.456 e. The summed E-state index contributed by atoms with van der Waals surface area (Å²) in [5.41, 5.74) is 7.00. The molecule has 3 nitrogen and oxygen atoms in total. The van der Waals surface area contributed by atoms with Gasteiger partial charge in [-0.3, -0.25) is 0 Å². The van der Waals surface area contributed by atoms with Crippen molar-refractivity contribution in [2.75, 3.05) is 0 Å². The van der Waals surface area contributed by atoms with Crippen LogP contribution in [0.4, 0.5) is 0 Å². The lowest BCUT2D eigenvalue weighted by atomic mass is 10.0. The zero-order valence-corrected chi connectivity index (χ0v) is 16.6. The van der Waals surface area contributed by atoms with Crippen LogP contribution in [-0.2, 0) is 0 Å². The Kier molecular flexibility index (Phi) is 3.83. The van der Waals surface area contributed by atoms with Crippen molar-refractivity contribution in [2.45, 2.75) is 0 Å². The number of hydrogen-bond donors (Lipinski definition) is 0. The molecule has 2 aromatic heterocycles. The summed E-state index contributed by atoms with van der Waals surface area (Å²) >= 11 is 6.11. The summed E-state index contributed by atoms with van der Waals surface area (Å²) in [5, 5.41) is 2.90. The third kappa shape index (κ3) is 2.75. The maximum Gasteiger partial charge on any atom is 0.136 e. The van der Waals surface area contributed by atoms with Crippen molar-refractivity contribution in [1.82, 2.24) is 9.97 Å². The van der Waals surface area contributed by atoms with Crippen LogP contribution in [0, 0.1) is 0 Å². The lowest BCUT2D eigenvalue weighted by Gasteiger charge is -2.11. The SMILES string of the molecule is Clc1ccc(-c2nc3ccccc3nc2-c2ccc3c(c2)oc2ccccc23)cc1. The number of benzene rings is 4. The van der Waals surface area contributed by atoms with Gasteiger partial charge in [-0.15, -0.1) is 0 Å². The number of aromatic nitrogens is 2. The zero-order valence-electron chi connectivity index (χ0n) is 15.8. The molecule has 0 spiro atoms. The van der Waals surface area contributed by atoms with Gasteiger partial charge in [0, 0.05) is 26.9 Å². The minimum atomic E-state index is 0.692. The van der Waals surface area contributed by atoms with E-state index in [0.29, 0.717) is 5.02 Å². The molecule has 0 atom stereocenters. The smallest absolute Gasteiger partial charge is 0.136 e. The fourth-order valence-corrected chi connectivity index (χ4v) is 4.01. The summed E-state index contributed by atoms with van der Waals surface area (Å²) in [7, 11) is 0. The molecule has 0 radical (unpaired) electrons. The first-order chi connectivity index (χ1) is 14.8. The van der Waals surface area contributed by atoms with Gasteiger partial charge >= 0.3 is 0 Å². The Bertz CT molecular complexity index is 1550. The van der Waals surface area contributed by atoms with Crippen LogP contribution in [0.5, 0.6) is 0 Å². The number of para-hydroxylation sites is 3. The van der Waals surface area contributed by atoms with Crippen molar-refractivity contribution in [2.24, 2.45) is 0 Å². The van der Waals surface area contributed by atoms with Crippen LogP contribution in [0.1, 0.15) is 0 Å². The molecule has 2 heterocycles. The van der Waals surface area contributed by atoms with E-state index in [1.165, 1.54) is 0 Å². The molecular weight excluding hydrogens is 392 g/mol. The highest BCUT2D eigenvalue weighted by Crippen LogP contribution is 2.35. The maximum atomic E-state index is 6.11. The van der Waals surface area contributed by atoms with Crippen molar-refractivity contribution >= 4 is 44.6 Å². The molecule has 0 saturated heterocycles. The van der Waals surface area contributed by atoms with Crippen molar-refractivity contribution in [3.63, 3.8) is 0 Å². The standard InChI is InChI=1S/C26H15ClN2O/c27-18-12-9-16(10-13-18)25-26(29-22-7-3-2-6-21(22)28-25)17-11-14-20-19-5-1-4-8-23(19)30-24(20)15-17/h1-15H. The Morgan fingerprint density at radius 3 is 1.93 bits per heavy atom. The Labute approximate surface area is 177 Å². The van der Waals surface area contributed by atoms with Crippen molar-refractivity contribution in [3.8, 4) is 22.5 Å². The molecule has 0 aliphatic heterocycles. The predicted octanol–water partition coefficient (Wildman–Crippen LogP) is 7.52. The second-order valence-corrected chi connectivity index (χ2v) is 7.66. The first-order valence-corrected chi connectivity index (χ1v) is 10.1. The number of furan rings is 1. The molecule has 0 fully saturated rings. The second kappa shape index (κ2) is 6.68. The summed E-state index contributed by atoms with van der Waals surface area (Å²) < 4.78 is 6.10. The number of halogens is 1. The van der Waals surface area contributed by atoms with Gasteiger partial charge in [0.15, 0.2) is 0 Å². The molecule has 4 aromatic carbocycles. The lowest BCUT2D eigenvalue weighted by molar-refractivity contribution is 0.669. The first kappa shape index (κ1) is 17.2. The van der Waals surface area contributed by atoms with E-state index in [9.17, 15) is 0 Å². The van der Waals surface area contributed by atoms with Gasteiger partial charge in [-0.1, -0.05) is 60.1 Å². The molecule has 4 heteroatoms. The van der Waals surface area contributed by atoms with Gasteiger partial charge in [0.1, 0.15) is 11.2 Å². The summed E-state index contributed by atoms with van der Waals surface area (Å²) in [5.74, 6) is 0. The van der Waals surface area contributed by atoms with E-state index in [4.69, 9.17) is 26.0 Å². The van der Waals surface area contributed by atoms with Crippen LogP contribution in [0.2, 0.25) is 5.02 Å². The quantitative estimate of drug-likeness (QED) is 0.298. The van der Waals surface area contributed by atoms with E-state index in [-0.39, 0.29) is 0 Å². The highest BCUT2D eigenvalue weighted by Gasteiger charge is 2.15. The van der Waals surface area contributed by atoms with Crippen LogP contribution in [0.25, 0.3) is 55.5 Å². The molecule has 0 saturated carbocycles. The second-order valence-electron chi connectivity index (χ2n) is 7.23. The van der Waals surface area contributed by atoms with Gasteiger partial charge < -0.3 is 4.42 Å². The Balaban J connectivity index is 1.63. The van der Waals surface area contributed by atoms with Gasteiger partial charge in [0.25, 0.3) is 0 Å². The van der Waals surface area contributed by atoms with Gasteiger partial charge in [-0.2, -0.15) is 0 Å². The number of rotatable bonds is 2. The molecule has 0 bridgehead atoms. The third-order valence-electron chi connectivity index (χ3n) is 5.34. The lowest BCUT2D eigenvalue weighted by Crippen LogP contribution is -1.95. The first-order valence-electron chi connectivity index (χ1n) is 9.71. The van der Waals surface area contributed by atoms with Gasteiger partial charge in [0.05, 0.1) is 22.4 Å². The normalized spacial score (nSPS) is 11.5. The Morgan fingerprint density at radius 2 is 1.17 bits per heavy atom. The molecule has 6 rings (SSSR count). The summed E-state index contributed by atoms with van der Waals surface area (Å²) in [6, 6.07) is 29.9. The van der Waals surface area contributed by atoms with Crippen LogP contribution in [-0.4, -0.2) is 9.97 Å². The van der Waals surface area contributed by atoms with Crippen molar-refractivity contribution < 1.29 is 4.42 Å². The molecule has 0 N–H and O–H groups in total. The molecule has 142 valence electrons. The van der Waals surface area contributed by atoms with Crippen LogP contribution < -0.4 is 0 Å². The van der Waals surface area contributed by atoms with Crippen LogP contribution >= 0.6 is 11.6 Å². The van der Waals surface area contributed by atoms with Crippen molar-refractivity contribution in [1.29, 1.82) is 0 Å². The summed E-state index contributed by atoms with van der Waals surface area (Å²) in [4.78, 5) is 9.91. The van der Waals surface area contributed by atoms with E-state index in [2.05, 4.69) is 18.2 Å². The van der Waals surface area contributed by atoms with E-state index in [1.54, 1.807) is 0 Å². The highest BCUT2D eigenvalue weighted by atomic mass is 35.5. The third-order valence-corrected chi connectivity index (χ3v) is 5.59. The molecule has 0 aliphatic carbocycles. The molecule has 6 aromatic rings. The monoisotopic (exact) mass is 406 g/mol. The van der Waals surface area contributed by atoms with Gasteiger partial charge in [-0.25, -0.2) is 9.97 Å². The van der Waals surface area contributed by atoms with E-state index in [1.807, 2.05) is 72.8 Å². The Morgan fingerprint density at radius 1 is 0.567 bits per heavy atom. The average molecular weight is 407 g/mol. The number of fused-ring (bicyclic) bond motifs is 4. The fourth-order valence-electron chi connectivity index (χ4n) is 3.88. The molecule has 30 heavy (non-hydrogen) atoms. The molecule has 0 aliphatic rings. The largest absolute Gasteiger partial charge is 0.456 e. The zero-order chi connectivity index (χ0) is 20.1. The molecular formula is C26H15ClN2O. The van der Waals surface area contributed by atoms with E-state index < -0.39 is 0 Å². The average Bonchev–Trinajstić information content (AvgIpc) is 3.16. The van der Waals surface area contributed by atoms with E-state index in [0.717, 1.165) is 55.5 Å². The van der Waals surface area contributed by atoms with Crippen LogP contribution in [0.15, 0.2) is 95.4 Å². The molecule has 0 amide bonds. The summed E-state index contributed by atoms with van der Waals surface area (Å²) in [6.07, 6.45) is 0. The minimum absolute atomic E-state index is 0.692. The predicted molar refractivity (Wildman–Crippen MR) is 123 cm³/mol. The fraction of sp³-hybridized carbons (Fsp3) is 0. The van der Waals surface area contributed by atoms with Gasteiger partial charge in [-0.05, 0) is 42.5 Å². The van der Waals surface area contributed by atoms with Crippen LogP contribution in [0.3, 0.4) is 0 Å². The van der Waals surface area contributed by atoms with Gasteiger partial charge in [0.2, 0.25) is 0 Å².